The van der Waals surface area contributed by atoms with Crippen LogP contribution in [0, 0.1) is 9.49 Å². The summed E-state index contributed by atoms with van der Waals surface area (Å²) in [5, 5.41) is 3.47. The molecule has 14 heavy (non-hydrogen) atoms. The zero-order valence-electron chi connectivity index (χ0n) is 8.30. The van der Waals surface area contributed by atoms with Gasteiger partial charge < -0.3 is 5.32 Å². The molecule has 0 heterocycles. The van der Waals surface area contributed by atoms with Crippen LogP contribution < -0.4 is 5.32 Å². The van der Waals surface area contributed by atoms with E-state index in [4.69, 9.17) is 0 Å². The second-order valence-corrected chi connectivity index (χ2v) is 5.26. The van der Waals surface area contributed by atoms with E-state index in [0.717, 1.165) is 12.5 Å². The number of anilines is 1. The Morgan fingerprint density at radius 3 is 2.50 bits per heavy atom. The molecule has 0 saturated heterocycles. The van der Waals surface area contributed by atoms with Gasteiger partial charge in [0, 0.05) is 15.8 Å². The smallest absolute Gasteiger partial charge is 0.0340 e. The van der Waals surface area contributed by atoms with Crippen molar-refractivity contribution in [3.63, 3.8) is 0 Å². The van der Waals surface area contributed by atoms with Crippen molar-refractivity contribution in [2.24, 2.45) is 5.92 Å². The summed E-state index contributed by atoms with van der Waals surface area (Å²) in [6.07, 6.45) is 5.70. The zero-order valence-corrected chi connectivity index (χ0v) is 10.5. The van der Waals surface area contributed by atoms with E-state index in [2.05, 4.69) is 52.2 Å². The average molecular weight is 301 g/mol. The molecule has 0 aliphatic heterocycles. The van der Waals surface area contributed by atoms with Crippen LogP contribution in [-0.2, 0) is 0 Å². The molecule has 0 unspecified atom stereocenters. The van der Waals surface area contributed by atoms with Gasteiger partial charge in [0.05, 0.1) is 0 Å². The fourth-order valence-electron chi connectivity index (χ4n) is 1.77. The predicted molar refractivity (Wildman–Crippen MR) is 69.6 cm³/mol. The first-order chi connectivity index (χ1) is 6.84. The number of halogens is 1. The van der Waals surface area contributed by atoms with E-state index in [-0.39, 0.29) is 0 Å². The van der Waals surface area contributed by atoms with Gasteiger partial charge in [0.15, 0.2) is 0 Å². The second kappa shape index (κ2) is 5.01. The highest BCUT2D eigenvalue weighted by molar-refractivity contribution is 14.1. The Kier molecular flexibility index (Phi) is 3.67. The van der Waals surface area contributed by atoms with E-state index in [1.54, 1.807) is 0 Å². The van der Waals surface area contributed by atoms with E-state index < -0.39 is 0 Å². The summed E-state index contributed by atoms with van der Waals surface area (Å²) in [5.74, 6) is 1.01. The van der Waals surface area contributed by atoms with Gasteiger partial charge >= 0.3 is 0 Å². The summed E-state index contributed by atoms with van der Waals surface area (Å²) in [4.78, 5) is 0. The highest BCUT2D eigenvalue weighted by atomic mass is 127. The van der Waals surface area contributed by atoms with Crippen LogP contribution in [0.5, 0.6) is 0 Å². The van der Waals surface area contributed by atoms with Crippen LogP contribution in [-0.4, -0.2) is 6.54 Å². The van der Waals surface area contributed by atoms with Crippen LogP contribution in [0.15, 0.2) is 24.3 Å². The molecule has 1 aliphatic carbocycles. The minimum atomic E-state index is 1.01. The van der Waals surface area contributed by atoms with E-state index in [0.29, 0.717) is 0 Å². The largest absolute Gasteiger partial charge is 0.385 e. The van der Waals surface area contributed by atoms with Crippen molar-refractivity contribution in [3.05, 3.63) is 27.8 Å². The van der Waals surface area contributed by atoms with Crippen LogP contribution in [0.4, 0.5) is 5.69 Å². The van der Waals surface area contributed by atoms with Gasteiger partial charge in [-0.15, -0.1) is 0 Å². The normalized spacial score (nSPS) is 16.4. The Labute approximate surface area is 99.4 Å². The Hall–Kier alpha value is -0.250. The summed E-state index contributed by atoms with van der Waals surface area (Å²) < 4.78 is 1.30. The maximum Gasteiger partial charge on any atom is 0.0340 e. The maximum absolute atomic E-state index is 3.47. The van der Waals surface area contributed by atoms with Crippen LogP contribution in [0.2, 0.25) is 0 Å². The minimum absolute atomic E-state index is 1.01. The zero-order chi connectivity index (χ0) is 9.80. The first kappa shape index (κ1) is 10.3. The van der Waals surface area contributed by atoms with E-state index >= 15 is 0 Å². The molecule has 2 rings (SSSR count). The van der Waals surface area contributed by atoms with Gasteiger partial charge in [0.2, 0.25) is 0 Å². The van der Waals surface area contributed by atoms with Crippen molar-refractivity contribution in [1.29, 1.82) is 0 Å². The second-order valence-electron chi connectivity index (χ2n) is 4.02. The number of hydrogen-bond donors (Lipinski definition) is 1. The molecule has 0 radical (unpaired) electrons. The molecule has 1 fully saturated rings. The lowest BCUT2D eigenvalue weighted by molar-refractivity contribution is 0.303. The molecule has 1 aromatic carbocycles. The van der Waals surface area contributed by atoms with Gasteiger partial charge in [0.25, 0.3) is 0 Å². The highest BCUT2D eigenvalue weighted by Crippen LogP contribution is 2.29. The number of hydrogen-bond acceptors (Lipinski definition) is 1. The van der Waals surface area contributed by atoms with Gasteiger partial charge in [-0.2, -0.15) is 0 Å². The minimum Gasteiger partial charge on any atom is -0.385 e. The SMILES string of the molecule is Ic1ccc(NCCC2CCC2)cc1. The third-order valence-electron chi connectivity index (χ3n) is 2.95. The van der Waals surface area contributed by atoms with Crippen molar-refractivity contribution in [2.75, 3.05) is 11.9 Å². The summed E-state index contributed by atoms with van der Waals surface area (Å²) in [7, 11) is 0. The van der Waals surface area contributed by atoms with E-state index in [1.165, 1.54) is 34.9 Å². The van der Waals surface area contributed by atoms with E-state index in [9.17, 15) is 0 Å². The molecule has 0 amide bonds. The lowest BCUT2D eigenvalue weighted by atomic mass is 9.83. The molecule has 1 nitrogen and oxygen atoms in total. The third-order valence-corrected chi connectivity index (χ3v) is 3.67. The Morgan fingerprint density at radius 1 is 1.21 bits per heavy atom. The summed E-state index contributed by atoms with van der Waals surface area (Å²) in [6, 6.07) is 8.60. The maximum atomic E-state index is 3.47. The van der Waals surface area contributed by atoms with Crippen molar-refractivity contribution < 1.29 is 0 Å². The molecular formula is C12H16IN. The van der Waals surface area contributed by atoms with Gasteiger partial charge in [-0.1, -0.05) is 19.3 Å². The fourth-order valence-corrected chi connectivity index (χ4v) is 2.13. The van der Waals surface area contributed by atoms with Gasteiger partial charge in [-0.05, 0) is 59.2 Å². The van der Waals surface area contributed by atoms with Crippen molar-refractivity contribution in [1.82, 2.24) is 0 Å². The van der Waals surface area contributed by atoms with Gasteiger partial charge in [-0.3, -0.25) is 0 Å². The fraction of sp³-hybridized carbons (Fsp3) is 0.500. The quantitative estimate of drug-likeness (QED) is 0.832. The van der Waals surface area contributed by atoms with Crippen LogP contribution in [0.1, 0.15) is 25.7 Å². The molecule has 76 valence electrons. The van der Waals surface area contributed by atoms with Crippen molar-refractivity contribution in [3.8, 4) is 0 Å². The third kappa shape index (κ3) is 2.87. The van der Waals surface area contributed by atoms with Crippen LogP contribution >= 0.6 is 22.6 Å². The Balaban J connectivity index is 1.71. The van der Waals surface area contributed by atoms with Gasteiger partial charge in [-0.25, -0.2) is 0 Å². The van der Waals surface area contributed by atoms with Crippen LogP contribution in [0.25, 0.3) is 0 Å². The standard InChI is InChI=1S/C12H16IN/c13-11-4-6-12(7-5-11)14-9-8-10-2-1-3-10/h4-7,10,14H,1-3,8-9H2. The number of rotatable bonds is 4. The summed E-state index contributed by atoms with van der Waals surface area (Å²) >= 11 is 2.33. The predicted octanol–water partition coefficient (Wildman–Crippen LogP) is 3.89. The molecule has 1 aliphatic rings. The molecule has 0 aromatic heterocycles. The molecule has 0 bridgehead atoms. The highest BCUT2D eigenvalue weighted by Gasteiger charge is 2.16. The monoisotopic (exact) mass is 301 g/mol. The summed E-state index contributed by atoms with van der Waals surface area (Å²) in [6.45, 7) is 1.13. The molecular weight excluding hydrogens is 285 g/mol. The lowest BCUT2D eigenvalue weighted by Gasteiger charge is -2.25. The Bertz CT molecular complexity index is 277. The molecule has 2 heteroatoms. The first-order valence-electron chi connectivity index (χ1n) is 5.34. The van der Waals surface area contributed by atoms with Gasteiger partial charge in [0.1, 0.15) is 0 Å². The number of benzene rings is 1. The average Bonchev–Trinajstić information content (AvgIpc) is 2.12. The molecule has 1 aromatic rings. The molecule has 0 atom stereocenters. The first-order valence-corrected chi connectivity index (χ1v) is 6.42. The van der Waals surface area contributed by atoms with E-state index in [1.807, 2.05) is 0 Å². The summed E-state index contributed by atoms with van der Waals surface area (Å²) in [5.41, 5.74) is 1.25. The van der Waals surface area contributed by atoms with Crippen molar-refractivity contribution >= 4 is 28.3 Å². The Morgan fingerprint density at radius 2 is 1.93 bits per heavy atom. The van der Waals surface area contributed by atoms with Crippen LogP contribution in [0.3, 0.4) is 0 Å². The van der Waals surface area contributed by atoms with Crippen molar-refractivity contribution in [2.45, 2.75) is 25.7 Å². The molecule has 1 saturated carbocycles. The topological polar surface area (TPSA) is 12.0 Å². The molecule has 0 spiro atoms. The number of nitrogens with one attached hydrogen (secondary N) is 1. The molecule has 1 N–H and O–H groups in total. The lowest BCUT2D eigenvalue weighted by Crippen LogP contribution is -2.15.